The number of carboxylic acids is 1. The summed E-state index contributed by atoms with van der Waals surface area (Å²) in [6.45, 7) is 3.60. The molecular weight excluding hydrogens is 388 g/mol. The Bertz CT molecular complexity index is 710. The molecule has 152 valence electrons. The van der Waals surface area contributed by atoms with Gasteiger partial charge in [-0.3, -0.25) is 4.79 Å². The van der Waals surface area contributed by atoms with Gasteiger partial charge in [-0.25, -0.2) is 17.9 Å². The number of hydrogen-bond donors (Lipinski definition) is 3. The molecule has 1 rings (SSSR count). The van der Waals surface area contributed by atoms with Crippen LogP contribution in [0.2, 0.25) is 0 Å². The summed E-state index contributed by atoms with van der Waals surface area (Å²) in [7, 11) is -3.77. The summed E-state index contributed by atoms with van der Waals surface area (Å²) in [5.41, 5.74) is 0.608. The summed E-state index contributed by atoms with van der Waals surface area (Å²) in [4.78, 5) is 24.0. The lowest BCUT2D eigenvalue weighted by atomic mass is 9.99. The summed E-state index contributed by atoms with van der Waals surface area (Å²) in [6.07, 6.45) is 2.68. The van der Waals surface area contributed by atoms with Crippen LogP contribution in [0.5, 0.6) is 0 Å². The molecule has 0 saturated carbocycles. The molecule has 1 amide bonds. The molecular formula is C18H28N2O5S2. The smallest absolute Gasteiger partial charge is 0.326 e. The second-order valence-corrected chi connectivity index (χ2v) is 9.15. The molecule has 0 aromatic heterocycles. The Morgan fingerprint density at radius 2 is 1.85 bits per heavy atom. The van der Waals surface area contributed by atoms with Gasteiger partial charge in [0.2, 0.25) is 15.9 Å². The standard InChI is InChI=1S/C18H28N2O5S2/c1-4-13(2)16(17(21)19-15(18(22)23)10-11-26-3)20-27(24,25)12-14-8-6-5-7-9-14/h5-9,13,15-16,20H,4,10-12H2,1-3H3,(H,19,21)(H,22,23)/t13?,15-,16+/m0/s1. The third-order valence-corrected chi connectivity index (χ3v) is 6.20. The zero-order valence-corrected chi connectivity index (χ0v) is 17.5. The van der Waals surface area contributed by atoms with Crippen LogP contribution in [0.3, 0.4) is 0 Å². The van der Waals surface area contributed by atoms with Crippen molar-refractivity contribution < 1.29 is 23.1 Å². The Morgan fingerprint density at radius 1 is 1.22 bits per heavy atom. The number of sulfonamides is 1. The topological polar surface area (TPSA) is 113 Å². The molecule has 3 N–H and O–H groups in total. The molecule has 27 heavy (non-hydrogen) atoms. The van der Waals surface area contributed by atoms with Gasteiger partial charge in [0, 0.05) is 0 Å². The first-order chi connectivity index (χ1) is 12.7. The first kappa shape index (κ1) is 23.5. The second-order valence-electron chi connectivity index (χ2n) is 6.41. The normalized spacial score (nSPS) is 14.9. The predicted octanol–water partition coefficient (Wildman–Crippen LogP) is 1.84. The fourth-order valence-electron chi connectivity index (χ4n) is 2.45. The van der Waals surface area contributed by atoms with E-state index in [0.717, 1.165) is 0 Å². The molecule has 0 saturated heterocycles. The highest BCUT2D eigenvalue weighted by Crippen LogP contribution is 2.13. The SMILES string of the molecule is CCC(C)[C@@H](NS(=O)(=O)Cc1ccccc1)C(=O)N[C@@H](CCSC)C(=O)O. The van der Waals surface area contributed by atoms with E-state index in [2.05, 4.69) is 10.0 Å². The number of nitrogens with one attached hydrogen (secondary N) is 2. The van der Waals surface area contributed by atoms with E-state index in [1.54, 1.807) is 37.3 Å². The summed E-state index contributed by atoms with van der Waals surface area (Å²) in [6, 6.07) is 6.59. The van der Waals surface area contributed by atoms with Crippen LogP contribution >= 0.6 is 11.8 Å². The fourth-order valence-corrected chi connectivity index (χ4v) is 4.36. The molecule has 1 unspecified atom stereocenters. The summed E-state index contributed by atoms with van der Waals surface area (Å²) < 4.78 is 27.5. The van der Waals surface area contributed by atoms with E-state index in [1.165, 1.54) is 11.8 Å². The Labute approximate surface area is 165 Å². The number of carbonyl (C=O) groups excluding carboxylic acids is 1. The van der Waals surface area contributed by atoms with Crippen molar-refractivity contribution in [1.82, 2.24) is 10.0 Å². The largest absolute Gasteiger partial charge is 0.480 e. The van der Waals surface area contributed by atoms with Crippen molar-refractivity contribution in [1.29, 1.82) is 0 Å². The van der Waals surface area contributed by atoms with E-state index < -0.39 is 34.0 Å². The predicted molar refractivity (Wildman–Crippen MR) is 108 cm³/mol. The Morgan fingerprint density at radius 3 is 2.37 bits per heavy atom. The van der Waals surface area contributed by atoms with Gasteiger partial charge in [0.05, 0.1) is 5.75 Å². The number of hydrogen-bond acceptors (Lipinski definition) is 5. The minimum Gasteiger partial charge on any atom is -0.480 e. The van der Waals surface area contributed by atoms with E-state index in [4.69, 9.17) is 0 Å². The molecule has 0 aliphatic carbocycles. The molecule has 0 bridgehead atoms. The molecule has 0 aliphatic rings. The lowest BCUT2D eigenvalue weighted by Gasteiger charge is -2.25. The number of thioether (sulfide) groups is 1. The average Bonchev–Trinajstić information content (AvgIpc) is 2.62. The first-order valence-electron chi connectivity index (χ1n) is 8.76. The number of carbonyl (C=O) groups is 2. The van der Waals surface area contributed by atoms with E-state index in [0.29, 0.717) is 17.7 Å². The highest BCUT2D eigenvalue weighted by molar-refractivity contribution is 7.98. The highest BCUT2D eigenvalue weighted by Gasteiger charge is 2.31. The summed E-state index contributed by atoms with van der Waals surface area (Å²) in [5, 5.41) is 11.8. The number of rotatable bonds is 12. The Balaban J connectivity index is 2.90. The summed E-state index contributed by atoms with van der Waals surface area (Å²) in [5.74, 6) is -1.71. The van der Waals surface area contributed by atoms with Gasteiger partial charge in [0.15, 0.2) is 0 Å². The first-order valence-corrected chi connectivity index (χ1v) is 11.8. The number of benzene rings is 1. The maximum Gasteiger partial charge on any atom is 0.326 e. The zero-order valence-electron chi connectivity index (χ0n) is 15.8. The molecule has 0 spiro atoms. The van der Waals surface area contributed by atoms with Crippen LogP contribution in [0.1, 0.15) is 32.3 Å². The average molecular weight is 417 g/mol. The van der Waals surface area contributed by atoms with Crippen molar-refractivity contribution >= 4 is 33.7 Å². The molecule has 0 radical (unpaired) electrons. The van der Waals surface area contributed by atoms with Gasteiger partial charge in [-0.15, -0.1) is 0 Å². The van der Waals surface area contributed by atoms with Crippen molar-refractivity contribution in [3.05, 3.63) is 35.9 Å². The lowest BCUT2D eigenvalue weighted by molar-refractivity contribution is -0.142. The van der Waals surface area contributed by atoms with Gasteiger partial charge in [-0.2, -0.15) is 11.8 Å². The maximum atomic E-state index is 12.6. The van der Waals surface area contributed by atoms with Gasteiger partial charge in [0.1, 0.15) is 12.1 Å². The Kier molecular flexibility index (Phi) is 9.82. The molecule has 1 aromatic rings. The minimum absolute atomic E-state index is 0.247. The number of carboxylic acid groups (broad SMARTS) is 1. The quantitative estimate of drug-likeness (QED) is 0.479. The van der Waals surface area contributed by atoms with Crippen LogP contribution in [-0.2, 0) is 25.4 Å². The van der Waals surface area contributed by atoms with Crippen LogP contribution in [0.15, 0.2) is 30.3 Å². The van der Waals surface area contributed by atoms with Crippen molar-refractivity contribution in [3.63, 3.8) is 0 Å². The Hall–Kier alpha value is -1.58. The van der Waals surface area contributed by atoms with E-state index in [-0.39, 0.29) is 18.1 Å². The van der Waals surface area contributed by atoms with Gasteiger partial charge in [-0.05, 0) is 29.9 Å². The third-order valence-electron chi connectivity index (χ3n) is 4.23. The van der Waals surface area contributed by atoms with E-state index in [1.807, 2.05) is 13.2 Å². The van der Waals surface area contributed by atoms with Crippen LogP contribution in [0, 0.1) is 5.92 Å². The highest BCUT2D eigenvalue weighted by atomic mass is 32.2. The minimum atomic E-state index is -3.77. The maximum absolute atomic E-state index is 12.6. The molecule has 3 atom stereocenters. The van der Waals surface area contributed by atoms with Crippen molar-refractivity contribution in [2.75, 3.05) is 12.0 Å². The van der Waals surface area contributed by atoms with Gasteiger partial charge in [0.25, 0.3) is 0 Å². The third kappa shape index (κ3) is 8.32. The number of aliphatic carboxylic acids is 1. The molecule has 0 fully saturated rings. The molecule has 0 aliphatic heterocycles. The van der Waals surface area contributed by atoms with Gasteiger partial charge in [-0.1, -0.05) is 50.6 Å². The van der Waals surface area contributed by atoms with Crippen molar-refractivity contribution in [3.8, 4) is 0 Å². The van der Waals surface area contributed by atoms with Crippen molar-refractivity contribution in [2.45, 2.75) is 44.5 Å². The lowest BCUT2D eigenvalue weighted by Crippen LogP contribution is -2.54. The van der Waals surface area contributed by atoms with Crippen LogP contribution in [0.25, 0.3) is 0 Å². The molecule has 1 aromatic carbocycles. The molecule has 0 heterocycles. The van der Waals surface area contributed by atoms with Crippen LogP contribution in [-0.4, -0.2) is 49.5 Å². The monoisotopic (exact) mass is 416 g/mol. The molecule has 7 nitrogen and oxygen atoms in total. The fraction of sp³-hybridized carbons (Fsp3) is 0.556. The summed E-state index contributed by atoms with van der Waals surface area (Å²) >= 11 is 1.48. The van der Waals surface area contributed by atoms with E-state index >= 15 is 0 Å². The van der Waals surface area contributed by atoms with Crippen molar-refractivity contribution in [2.24, 2.45) is 5.92 Å². The van der Waals surface area contributed by atoms with Gasteiger partial charge >= 0.3 is 5.97 Å². The second kappa shape index (κ2) is 11.3. The van der Waals surface area contributed by atoms with Crippen LogP contribution in [0.4, 0.5) is 0 Å². The zero-order chi connectivity index (χ0) is 20.4. The van der Waals surface area contributed by atoms with Crippen LogP contribution < -0.4 is 10.0 Å². The number of amides is 1. The van der Waals surface area contributed by atoms with E-state index in [9.17, 15) is 23.1 Å². The van der Waals surface area contributed by atoms with Gasteiger partial charge < -0.3 is 10.4 Å². The molecule has 9 heteroatoms.